The van der Waals surface area contributed by atoms with Gasteiger partial charge in [0.05, 0.1) is 22.3 Å². The summed E-state index contributed by atoms with van der Waals surface area (Å²) in [6.45, 7) is 0. The van der Waals surface area contributed by atoms with Gasteiger partial charge in [0.15, 0.2) is 0 Å². The Balaban J connectivity index is 2.62. The van der Waals surface area contributed by atoms with Crippen molar-refractivity contribution >= 4 is 36.0 Å². The fourth-order valence-electron chi connectivity index (χ4n) is 2.43. The molecule has 0 bridgehead atoms. The molecule has 132 valence electrons. The summed E-state index contributed by atoms with van der Waals surface area (Å²) in [4.78, 5) is 45.2. The van der Waals surface area contributed by atoms with Gasteiger partial charge in [-0.05, 0) is 23.3 Å². The first-order chi connectivity index (χ1) is 12.2. The number of carbonyl (C=O) groups is 4. The van der Waals surface area contributed by atoms with Gasteiger partial charge in [0, 0.05) is 0 Å². The maximum absolute atomic E-state index is 11.4. The van der Waals surface area contributed by atoms with Crippen LogP contribution in [-0.2, 0) is 0 Å². The van der Waals surface area contributed by atoms with Crippen molar-refractivity contribution in [2.45, 2.75) is 0 Å². The lowest BCUT2D eigenvalue weighted by atomic mass is 9.97. The van der Waals surface area contributed by atoms with E-state index in [-0.39, 0.29) is 11.1 Å². The van der Waals surface area contributed by atoms with E-state index < -0.39 is 46.1 Å². The van der Waals surface area contributed by atoms with Gasteiger partial charge in [-0.1, -0.05) is 36.4 Å². The van der Waals surface area contributed by atoms with Crippen LogP contribution in [0.3, 0.4) is 0 Å². The molecular weight excluding hydrogens is 344 g/mol. The number of aromatic carboxylic acids is 4. The van der Waals surface area contributed by atoms with Crippen molar-refractivity contribution in [1.29, 1.82) is 0 Å². The van der Waals surface area contributed by atoms with Crippen LogP contribution in [-0.4, -0.2) is 44.3 Å². The Morgan fingerprint density at radius 2 is 0.923 bits per heavy atom. The minimum Gasteiger partial charge on any atom is -0.478 e. The molecule has 0 aliphatic rings. The van der Waals surface area contributed by atoms with Crippen molar-refractivity contribution in [3.63, 3.8) is 0 Å². The SMILES string of the molecule is O=C(O)c1cccc(/C=C/c2cccc(C(=O)O)c2C(=O)O)c1C(=O)O. The second kappa shape index (κ2) is 7.31. The maximum atomic E-state index is 11.4. The smallest absolute Gasteiger partial charge is 0.337 e. The Morgan fingerprint density at radius 1 is 0.577 bits per heavy atom. The quantitative estimate of drug-likeness (QED) is 0.577. The van der Waals surface area contributed by atoms with Crippen molar-refractivity contribution in [2.24, 2.45) is 0 Å². The zero-order chi connectivity index (χ0) is 19.4. The highest BCUT2D eigenvalue weighted by Gasteiger charge is 2.20. The summed E-state index contributed by atoms with van der Waals surface area (Å²) in [6, 6.07) is 7.68. The van der Waals surface area contributed by atoms with E-state index in [1.807, 2.05) is 0 Å². The predicted molar refractivity (Wildman–Crippen MR) is 89.6 cm³/mol. The zero-order valence-electron chi connectivity index (χ0n) is 13.0. The number of hydrogen-bond acceptors (Lipinski definition) is 4. The van der Waals surface area contributed by atoms with Crippen molar-refractivity contribution in [3.8, 4) is 0 Å². The summed E-state index contributed by atoms with van der Waals surface area (Å²) in [6.07, 6.45) is 2.45. The van der Waals surface area contributed by atoms with Crippen molar-refractivity contribution in [1.82, 2.24) is 0 Å². The molecule has 8 nitrogen and oxygen atoms in total. The lowest BCUT2D eigenvalue weighted by molar-refractivity contribution is 0.0651. The average molecular weight is 356 g/mol. The van der Waals surface area contributed by atoms with E-state index in [4.69, 9.17) is 10.2 Å². The monoisotopic (exact) mass is 356 g/mol. The average Bonchev–Trinajstić information content (AvgIpc) is 2.58. The molecule has 0 aliphatic carbocycles. The van der Waals surface area contributed by atoms with Crippen LogP contribution < -0.4 is 0 Å². The van der Waals surface area contributed by atoms with Crippen molar-refractivity contribution < 1.29 is 39.6 Å². The Morgan fingerprint density at radius 3 is 1.19 bits per heavy atom. The largest absolute Gasteiger partial charge is 0.478 e. The number of carboxylic acid groups (broad SMARTS) is 4. The summed E-state index contributed by atoms with van der Waals surface area (Å²) < 4.78 is 0. The van der Waals surface area contributed by atoms with Crippen LogP contribution in [0.25, 0.3) is 12.2 Å². The van der Waals surface area contributed by atoms with Crippen molar-refractivity contribution in [2.75, 3.05) is 0 Å². The Bertz CT molecular complexity index is 878. The fourth-order valence-corrected chi connectivity index (χ4v) is 2.43. The topological polar surface area (TPSA) is 149 Å². The standard InChI is InChI=1S/C18H12O8/c19-15(20)11-5-1-3-9(13(11)17(23)24)7-8-10-4-2-6-12(16(21)22)14(10)18(25)26/h1-8H,(H,19,20)(H,21,22)(H,23,24)(H,25,26)/b8-7+. The van der Waals surface area contributed by atoms with Crippen LogP contribution in [0.1, 0.15) is 52.6 Å². The molecule has 0 unspecified atom stereocenters. The second-order valence-electron chi connectivity index (χ2n) is 5.09. The normalized spacial score (nSPS) is 10.6. The molecule has 0 aliphatic heterocycles. The highest BCUT2D eigenvalue weighted by Crippen LogP contribution is 2.21. The van der Waals surface area contributed by atoms with E-state index in [0.717, 1.165) is 12.1 Å². The minimum atomic E-state index is -1.46. The molecule has 8 heteroatoms. The van der Waals surface area contributed by atoms with Crippen LogP contribution in [0.5, 0.6) is 0 Å². The molecule has 4 N–H and O–H groups in total. The first kappa shape index (κ1) is 18.4. The summed E-state index contributed by atoms with van der Waals surface area (Å²) in [5, 5.41) is 36.8. The van der Waals surface area contributed by atoms with E-state index in [9.17, 15) is 29.4 Å². The molecule has 0 heterocycles. The molecule has 0 aromatic heterocycles. The Labute approximate surface area is 146 Å². The molecule has 26 heavy (non-hydrogen) atoms. The van der Waals surface area contributed by atoms with Gasteiger partial charge in [-0.25, -0.2) is 19.2 Å². The molecule has 2 aromatic carbocycles. The second-order valence-corrected chi connectivity index (χ2v) is 5.09. The van der Waals surface area contributed by atoms with Crippen LogP contribution in [0, 0.1) is 0 Å². The maximum Gasteiger partial charge on any atom is 0.337 e. The molecular formula is C18H12O8. The van der Waals surface area contributed by atoms with Gasteiger partial charge in [-0.15, -0.1) is 0 Å². The first-order valence-electron chi connectivity index (χ1n) is 7.11. The van der Waals surface area contributed by atoms with Gasteiger partial charge in [-0.3, -0.25) is 0 Å². The van der Waals surface area contributed by atoms with Crippen LogP contribution >= 0.6 is 0 Å². The minimum absolute atomic E-state index is 0.0365. The fraction of sp³-hybridized carbons (Fsp3) is 0. The van der Waals surface area contributed by atoms with E-state index >= 15 is 0 Å². The third kappa shape index (κ3) is 3.59. The summed E-state index contributed by atoms with van der Waals surface area (Å²) >= 11 is 0. The lowest BCUT2D eigenvalue weighted by Crippen LogP contribution is -2.10. The van der Waals surface area contributed by atoms with E-state index in [1.54, 1.807) is 0 Å². The first-order valence-corrected chi connectivity index (χ1v) is 7.11. The third-order valence-electron chi connectivity index (χ3n) is 3.52. The molecule has 2 rings (SSSR count). The molecule has 0 spiro atoms. The number of benzene rings is 2. The zero-order valence-corrected chi connectivity index (χ0v) is 13.0. The molecule has 0 radical (unpaired) electrons. The van der Waals surface area contributed by atoms with Crippen LogP contribution in [0.4, 0.5) is 0 Å². The summed E-state index contributed by atoms with van der Waals surface area (Å²) in [5.74, 6) is -5.76. The van der Waals surface area contributed by atoms with Gasteiger partial charge >= 0.3 is 23.9 Å². The molecule has 0 fully saturated rings. The van der Waals surface area contributed by atoms with Gasteiger partial charge in [0.1, 0.15) is 0 Å². The molecule has 0 saturated carbocycles. The van der Waals surface area contributed by atoms with Crippen LogP contribution in [0.15, 0.2) is 36.4 Å². The molecule has 0 atom stereocenters. The molecule has 2 aromatic rings. The van der Waals surface area contributed by atoms with E-state index in [1.165, 1.54) is 36.4 Å². The summed E-state index contributed by atoms with van der Waals surface area (Å²) in [5.41, 5.74) is -1.68. The number of hydrogen-bond donors (Lipinski definition) is 4. The number of carboxylic acids is 4. The Kier molecular flexibility index (Phi) is 5.17. The van der Waals surface area contributed by atoms with E-state index in [2.05, 4.69) is 0 Å². The third-order valence-corrected chi connectivity index (χ3v) is 3.52. The highest BCUT2D eigenvalue weighted by molar-refractivity contribution is 6.06. The predicted octanol–water partition coefficient (Wildman–Crippen LogP) is 2.65. The molecule has 0 saturated heterocycles. The number of rotatable bonds is 6. The summed E-state index contributed by atoms with van der Waals surface area (Å²) in [7, 11) is 0. The van der Waals surface area contributed by atoms with Gasteiger partial charge in [0.25, 0.3) is 0 Å². The van der Waals surface area contributed by atoms with Crippen molar-refractivity contribution in [3.05, 3.63) is 69.8 Å². The van der Waals surface area contributed by atoms with Crippen LogP contribution in [0.2, 0.25) is 0 Å². The van der Waals surface area contributed by atoms with Gasteiger partial charge in [0.2, 0.25) is 0 Å². The Hall–Kier alpha value is -3.94. The van der Waals surface area contributed by atoms with E-state index in [0.29, 0.717) is 0 Å². The van der Waals surface area contributed by atoms with Gasteiger partial charge < -0.3 is 20.4 Å². The molecule has 0 amide bonds. The highest BCUT2D eigenvalue weighted by atomic mass is 16.4. The van der Waals surface area contributed by atoms with Gasteiger partial charge in [-0.2, -0.15) is 0 Å². The lowest BCUT2D eigenvalue weighted by Gasteiger charge is -2.07.